The van der Waals surface area contributed by atoms with Gasteiger partial charge in [0, 0.05) is 3.42 Å². The number of allylic oxidation sites excluding steroid dienone is 3. The molecule has 84 valence electrons. The molecule has 0 aromatic carbocycles. The maximum atomic E-state index is 10.9. The van der Waals surface area contributed by atoms with Crippen LogP contribution in [0.4, 0.5) is 0 Å². The quantitative estimate of drug-likeness (QED) is 0.546. The van der Waals surface area contributed by atoms with E-state index in [1.54, 1.807) is 18.2 Å². The predicted molar refractivity (Wildman–Crippen MR) is 66.1 cm³/mol. The summed E-state index contributed by atoms with van der Waals surface area (Å²) in [5.74, 6) is -0.790. The second kappa shape index (κ2) is 4.13. The molecule has 0 heterocycles. The lowest BCUT2D eigenvalue weighted by molar-refractivity contribution is -0.143. The van der Waals surface area contributed by atoms with E-state index < -0.39 is 11.5 Å². The van der Waals surface area contributed by atoms with Crippen molar-refractivity contribution in [1.82, 2.24) is 0 Å². The lowest BCUT2D eigenvalue weighted by atomic mass is 9.86. The molecular formula is C10H14INO3. The topological polar surface area (TPSA) is 83.5 Å². The third kappa shape index (κ3) is 3.20. The number of alkyl halides is 1. The summed E-state index contributed by atoms with van der Waals surface area (Å²) < 4.78 is -0.327. The van der Waals surface area contributed by atoms with Gasteiger partial charge in [-0.25, -0.2) is 0 Å². The normalized spacial score (nSPS) is 29.4. The van der Waals surface area contributed by atoms with E-state index in [2.05, 4.69) is 22.6 Å². The zero-order chi connectivity index (χ0) is 11.7. The number of hydrogen-bond acceptors (Lipinski definition) is 3. The first-order valence-electron chi connectivity index (χ1n) is 4.55. The van der Waals surface area contributed by atoms with Gasteiger partial charge >= 0.3 is 5.97 Å². The molecule has 2 atom stereocenters. The van der Waals surface area contributed by atoms with Gasteiger partial charge in [0.1, 0.15) is 11.3 Å². The van der Waals surface area contributed by atoms with Crippen LogP contribution < -0.4 is 5.73 Å². The monoisotopic (exact) mass is 323 g/mol. The second-order valence-electron chi connectivity index (χ2n) is 4.10. The van der Waals surface area contributed by atoms with E-state index in [9.17, 15) is 9.90 Å². The summed E-state index contributed by atoms with van der Waals surface area (Å²) in [6, 6.07) is 0. The average Bonchev–Trinajstić information content (AvgIpc) is 2.09. The Morgan fingerprint density at radius 3 is 2.80 bits per heavy atom. The zero-order valence-corrected chi connectivity index (χ0v) is 10.6. The standard InChI is InChI=1S/C10H14INO3/c1-9(12,8(14)15)6-10(11)4-2-7(13)3-5-10/h2-4,13H,5-6,12H2,1H3,(H,14,15). The molecule has 0 aromatic heterocycles. The zero-order valence-electron chi connectivity index (χ0n) is 8.40. The number of carboxylic acid groups (broad SMARTS) is 1. The van der Waals surface area contributed by atoms with Gasteiger partial charge in [-0.05, 0) is 31.9 Å². The Bertz CT molecular complexity index is 336. The maximum Gasteiger partial charge on any atom is 0.323 e. The molecule has 0 saturated heterocycles. The number of rotatable bonds is 3. The Morgan fingerprint density at radius 1 is 1.80 bits per heavy atom. The molecule has 0 spiro atoms. The summed E-state index contributed by atoms with van der Waals surface area (Å²) in [5.41, 5.74) is 4.45. The summed E-state index contributed by atoms with van der Waals surface area (Å²) >= 11 is 2.17. The van der Waals surface area contributed by atoms with Crippen LogP contribution in [0.15, 0.2) is 24.0 Å². The minimum Gasteiger partial charge on any atom is -0.508 e. The average molecular weight is 323 g/mol. The van der Waals surface area contributed by atoms with Crippen molar-refractivity contribution >= 4 is 28.6 Å². The van der Waals surface area contributed by atoms with Crippen LogP contribution in [0.5, 0.6) is 0 Å². The highest BCUT2D eigenvalue weighted by Gasteiger charge is 2.38. The largest absolute Gasteiger partial charge is 0.508 e. The summed E-state index contributed by atoms with van der Waals surface area (Å²) in [7, 11) is 0. The molecule has 15 heavy (non-hydrogen) atoms. The summed E-state index contributed by atoms with van der Waals surface area (Å²) in [5, 5.41) is 18.1. The molecular weight excluding hydrogens is 309 g/mol. The van der Waals surface area contributed by atoms with Crippen LogP contribution in [-0.2, 0) is 4.79 Å². The fourth-order valence-electron chi connectivity index (χ4n) is 1.46. The molecule has 0 saturated carbocycles. The van der Waals surface area contributed by atoms with Crippen molar-refractivity contribution in [2.24, 2.45) is 5.73 Å². The van der Waals surface area contributed by atoms with Crippen LogP contribution in [-0.4, -0.2) is 25.1 Å². The van der Waals surface area contributed by atoms with Gasteiger partial charge in [-0.15, -0.1) is 0 Å². The Kier molecular flexibility index (Phi) is 3.44. The lowest BCUT2D eigenvalue weighted by Crippen LogP contribution is -2.49. The molecule has 0 aliphatic heterocycles. The highest BCUT2D eigenvalue weighted by Crippen LogP contribution is 2.36. The minimum atomic E-state index is -1.24. The van der Waals surface area contributed by atoms with Gasteiger partial charge in [0.2, 0.25) is 0 Å². The van der Waals surface area contributed by atoms with E-state index >= 15 is 0 Å². The van der Waals surface area contributed by atoms with Gasteiger partial charge in [-0.3, -0.25) is 4.79 Å². The van der Waals surface area contributed by atoms with E-state index in [4.69, 9.17) is 10.8 Å². The van der Waals surface area contributed by atoms with Gasteiger partial charge in [0.15, 0.2) is 0 Å². The molecule has 0 aromatic rings. The third-order valence-corrected chi connectivity index (χ3v) is 3.53. The highest BCUT2D eigenvalue weighted by atomic mass is 127. The molecule has 2 unspecified atom stereocenters. The van der Waals surface area contributed by atoms with Crippen LogP contribution in [0.2, 0.25) is 0 Å². The number of halogens is 1. The second-order valence-corrected chi connectivity index (χ2v) is 6.25. The lowest BCUT2D eigenvalue weighted by Gasteiger charge is -2.31. The minimum absolute atomic E-state index is 0.219. The number of carboxylic acids is 1. The fourth-order valence-corrected chi connectivity index (χ4v) is 2.65. The van der Waals surface area contributed by atoms with Crippen molar-refractivity contribution < 1.29 is 15.0 Å². The van der Waals surface area contributed by atoms with Crippen molar-refractivity contribution in [2.75, 3.05) is 0 Å². The molecule has 0 bridgehead atoms. The van der Waals surface area contributed by atoms with E-state index in [1.165, 1.54) is 6.92 Å². The smallest absolute Gasteiger partial charge is 0.323 e. The molecule has 0 fully saturated rings. The Balaban J connectivity index is 2.75. The van der Waals surface area contributed by atoms with Crippen LogP contribution in [0.25, 0.3) is 0 Å². The highest BCUT2D eigenvalue weighted by molar-refractivity contribution is 14.1. The number of aliphatic hydroxyl groups excluding tert-OH is 1. The summed E-state index contributed by atoms with van der Waals surface area (Å²) in [4.78, 5) is 10.9. The van der Waals surface area contributed by atoms with Crippen molar-refractivity contribution in [3.63, 3.8) is 0 Å². The number of aliphatic hydroxyl groups is 1. The summed E-state index contributed by atoms with van der Waals surface area (Å²) in [6.07, 6.45) is 5.97. The molecule has 1 rings (SSSR count). The van der Waals surface area contributed by atoms with Gasteiger partial charge in [0.05, 0.1) is 0 Å². The van der Waals surface area contributed by atoms with Crippen LogP contribution in [0.3, 0.4) is 0 Å². The molecule has 4 nitrogen and oxygen atoms in total. The summed E-state index contributed by atoms with van der Waals surface area (Å²) in [6.45, 7) is 1.50. The van der Waals surface area contributed by atoms with Crippen molar-refractivity contribution in [1.29, 1.82) is 0 Å². The van der Waals surface area contributed by atoms with Gasteiger partial charge < -0.3 is 15.9 Å². The first kappa shape index (κ1) is 12.5. The Hall–Kier alpha value is -0.560. The molecule has 5 heteroatoms. The van der Waals surface area contributed by atoms with Crippen molar-refractivity contribution in [2.45, 2.75) is 28.7 Å². The first-order valence-corrected chi connectivity index (χ1v) is 5.63. The number of aliphatic carboxylic acids is 1. The number of carbonyl (C=O) groups is 1. The number of nitrogens with two attached hydrogens (primary N) is 1. The molecule has 1 aliphatic carbocycles. The molecule has 0 radical (unpaired) electrons. The van der Waals surface area contributed by atoms with Crippen LogP contribution in [0, 0.1) is 0 Å². The van der Waals surface area contributed by atoms with Gasteiger partial charge in [0.25, 0.3) is 0 Å². The predicted octanol–water partition coefficient (Wildman–Crippen LogP) is 1.75. The Labute approximate surface area is 102 Å². The molecule has 0 amide bonds. The third-order valence-electron chi connectivity index (χ3n) is 2.35. The number of hydrogen-bond donors (Lipinski definition) is 3. The fraction of sp³-hybridized carbons (Fsp3) is 0.500. The SMILES string of the molecule is CC(N)(CC1(I)C=CC(O)=CC1)C(=O)O. The Morgan fingerprint density at radius 2 is 2.40 bits per heavy atom. The first-order chi connectivity index (χ1) is 6.75. The maximum absolute atomic E-state index is 10.9. The van der Waals surface area contributed by atoms with Gasteiger partial charge in [-0.1, -0.05) is 28.7 Å². The van der Waals surface area contributed by atoms with Crippen molar-refractivity contribution in [3.05, 3.63) is 24.0 Å². The van der Waals surface area contributed by atoms with E-state index in [0.29, 0.717) is 12.8 Å². The van der Waals surface area contributed by atoms with E-state index in [0.717, 1.165) is 0 Å². The van der Waals surface area contributed by atoms with E-state index in [-0.39, 0.29) is 9.18 Å². The van der Waals surface area contributed by atoms with Crippen molar-refractivity contribution in [3.8, 4) is 0 Å². The molecule has 4 N–H and O–H groups in total. The molecule has 1 aliphatic rings. The van der Waals surface area contributed by atoms with Crippen LogP contribution >= 0.6 is 22.6 Å². The van der Waals surface area contributed by atoms with Crippen LogP contribution in [0.1, 0.15) is 19.8 Å². The van der Waals surface area contributed by atoms with E-state index in [1.807, 2.05) is 0 Å². The van der Waals surface area contributed by atoms with Gasteiger partial charge in [-0.2, -0.15) is 0 Å².